The van der Waals surface area contributed by atoms with Crippen LogP contribution in [0.25, 0.3) is 0 Å². The van der Waals surface area contributed by atoms with Gasteiger partial charge < -0.3 is 11.9 Å². The molecule has 2 heteroatoms. The summed E-state index contributed by atoms with van der Waals surface area (Å²) in [5.41, 5.74) is 0. The minimum Gasteiger partial charge on any atom is -0.518 e. The molecule has 0 aliphatic carbocycles. The molecule has 0 aromatic rings. The van der Waals surface area contributed by atoms with Gasteiger partial charge in [-0.25, -0.2) is 0 Å². The molecule has 1 heterocycles. The number of hydrogen-bond donors (Lipinski definition) is 1. The summed E-state index contributed by atoms with van der Waals surface area (Å²) < 4.78 is 0. The first-order chi connectivity index (χ1) is 3.43. The van der Waals surface area contributed by atoms with E-state index in [-0.39, 0.29) is 32.7 Å². The summed E-state index contributed by atoms with van der Waals surface area (Å²) in [6, 6.07) is 0.574. The van der Waals surface area contributed by atoms with E-state index >= 15 is 0 Å². The Morgan fingerprint density at radius 3 is 2.62 bits per heavy atom. The Kier molecular flexibility index (Phi) is 5.13. The molecule has 1 saturated heterocycles. The minimum absolute atomic E-state index is 0. The minimum atomic E-state index is 0. The maximum atomic E-state index is 5.15. The van der Waals surface area contributed by atoms with Gasteiger partial charge in [0.1, 0.15) is 0 Å². The number of nitrogens with one attached hydrogen (secondary N) is 1. The van der Waals surface area contributed by atoms with Crippen LogP contribution in [0.15, 0.2) is 6.08 Å². The molecule has 8 heavy (non-hydrogen) atoms. The summed E-state index contributed by atoms with van der Waals surface area (Å²) in [5.74, 6) is 0. The van der Waals surface area contributed by atoms with Crippen molar-refractivity contribution in [2.75, 3.05) is 6.54 Å². The molecule has 0 aromatic heterocycles. The molecule has 1 radical (unpaired) electrons. The molecule has 0 amide bonds. The smallest absolute Gasteiger partial charge is 0 e. The van der Waals surface area contributed by atoms with E-state index in [4.69, 9.17) is 6.58 Å². The van der Waals surface area contributed by atoms with E-state index < -0.39 is 0 Å². The molecular weight excluding hydrogens is 175 g/mol. The molecule has 1 fully saturated rings. The first-order valence-corrected chi connectivity index (χ1v) is 2.53. The van der Waals surface area contributed by atoms with E-state index in [2.05, 4.69) is 11.7 Å². The summed E-state index contributed by atoms with van der Waals surface area (Å²) in [7, 11) is 0. The van der Waals surface area contributed by atoms with Crippen LogP contribution in [-0.2, 0) is 32.7 Å². The largest absolute Gasteiger partial charge is 0.518 e. The van der Waals surface area contributed by atoms with Crippen molar-refractivity contribution in [3.63, 3.8) is 0 Å². The molecule has 1 N–H and O–H groups in total. The average molecular weight is 184 g/mol. The Morgan fingerprint density at radius 2 is 2.50 bits per heavy atom. The predicted molar refractivity (Wildman–Crippen MR) is 29.6 cm³/mol. The average Bonchev–Trinajstić information content (AvgIpc) is 1.55. The summed E-state index contributed by atoms with van der Waals surface area (Å²) >= 11 is 0. The Morgan fingerprint density at radius 1 is 1.88 bits per heavy atom. The molecule has 0 bridgehead atoms. The molecule has 1 nitrogen and oxygen atoms in total. The number of hydrogen-bond acceptors (Lipinski definition) is 1. The van der Waals surface area contributed by atoms with E-state index in [0.717, 1.165) is 13.0 Å². The van der Waals surface area contributed by atoms with Gasteiger partial charge in [-0.15, -0.1) is 12.6 Å². The van der Waals surface area contributed by atoms with E-state index in [1.165, 1.54) is 0 Å². The van der Waals surface area contributed by atoms with Crippen LogP contribution in [0.2, 0.25) is 0 Å². The number of rotatable bonds is 2. The van der Waals surface area contributed by atoms with E-state index in [0.29, 0.717) is 6.04 Å². The molecule has 1 aliphatic heterocycles. The van der Waals surface area contributed by atoms with Crippen LogP contribution in [-0.4, -0.2) is 12.6 Å². The zero-order valence-electron chi connectivity index (χ0n) is 4.80. The molecule has 43 valence electrons. The van der Waals surface area contributed by atoms with Crippen molar-refractivity contribution < 1.29 is 32.7 Å². The van der Waals surface area contributed by atoms with E-state index in [1.807, 2.05) is 0 Å². The van der Waals surface area contributed by atoms with Crippen molar-refractivity contribution in [2.45, 2.75) is 12.5 Å². The van der Waals surface area contributed by atoms with Gasteiger partial charge in [-0.05, 0) is 0 Å². The quantitative estimate of drug-likeness (QED) is 0.617. The Labute approximate surface area is 75.8 Å². The summed E-state index contributed by atoms with van der Waals surface area (Å²) in [4.78, 5) is 0. The molecule has 0 saturated carbocycles. The fraction of sp³-hybridized carbons (Fsp3) is 0.500. The molecule has 1 unspecified atom stereocenters. The maximum absolute atomic E-state index is 5.15. The molecule has 1 aliphatic rings. The van der Waals surface area contributed by atoms with Crippen LogP contribution in [0.1, 0.15) is 6.42 Å². The van der Waals surface area contributed by atoms with Gasteiger partial charge in [0.2, 0.25) is 0 Å². The molecule has 0 spiro atoms. The van der Waals surface area contributed by atoms with Gasteiger partial charge in [0, 0.05) is 32.7 Å². The first-order valence-electron chi connectivity index (χ1n) is 2.53. The van der Waals surface area contributed by atoms with Gasteiger partial charge in [0.05, 0.1) is 0 Å². The third-order valence-electron chi connectivity index (χ3n) is 1.17. The van der Waals surface area contributed by atoms with Crippen LogP contribution in [0.3, 0.4) is 0 Å². The predicted octanol–water partition coefficient (Wildman–Crippen LogP) is 0.539. The van der Waals surface area contributed by atoms with Crippen molar-refractivity contribution in [2.24, 2.45) is 0 Å². The van der Waals surface area contributed by atoms with Gasteiger partial charge in [-0.3, -0.25) is 12.5 Å². The summed E-state index contributed by atoms with van der Waals surface area (Å²) in [5, 5.41) is 3.18. The fourth-order valence-electron chi connectivity index (χ4n) is 0.611. The van der Waals surface area contributed by atoms with Crippen LogP contribution in [0.4, 0.5) is 0 Å². The summed E-state index contributed by atoms with van der Waals surface area (Å²) in [6.45, 7) is 6.21. The van der Waals surface area contributed by atoms with Crippen molar-refractivity contribution >= 4 is 0 Å². The second-order valence-corrected chi connectivity index (χ2v) is 1.72. The Balaban J connectivity index is 0.000000490. The third-order valence-corrected chi connectivity index (χ3v) is 1.17. The molecule has 1 atom stereocenters. The standard InChI is InChI=1S/C6H9N.Y/c1-2-3-6-4-5-7-6;/h1-2,4,6-7H,3,5H2;/q-2;. The zero-order chi connectivity index (χ0) is 5.11. The topological polar surface area (TPSA) is 12.0 Å². The van der Waals surface area contributed by atoms with Crippen LogP contribution < -0.4 is 5.32 Å². The maximum Gasteiger partial charge on any atom is 0 e. The first kappa shape index (κ1) is 8.80. The molecule has 0 aromatic carbocycles. The van der Waals surface area contributed by atoms with Crippen LogP contribution in [0.5, 0.6) is 0 Å². The third kappa shape index (κ3) is 2.38. The molecule has 1 rings (SSSR count). The van der Waals surface area contributed by atoms with E-state index in [1.54, 1.807) is 6.08 Å². The van der Waals surface area contributed by atoms with Crippen molar-refractivity contribution in [1.29, 1.82) is 0 Å². The van der Waals surface area contributed by atoms with Gasteiger partial charge >= 0.3 is 0 Å². The Hall–Kier alpha value is 0.804. The SMILES string of the molecule is [CH-]=CCC1[CH-]CN1.[Y]. The van der Waals surface area contributed by atoms with Crippen LogP contribution >= 0.6 is 0 Å². The zero-order valence-corrected chi connectivity index (χ0v) is 7.64. The van der Waals surface area contributed by atoms with Crippen molar-refractivity contribution in [3.8, 4) is 0 Å². The van der Waals surface area contributed by atoms with Crippen LogP contribution in [0, 0.1) is 13.0 Å². The normalized spacial score (nSPS) is 25.2. The van der Waals surface area contributed by atoms with Crippen molar-refractivity contribution in [3.05, 3.63) is 19.1 Å². The van der Waals surface area contributed by atoms with Gasteiger partial charge in [0.15, 0.2) is 0 Å². The van der Waals surface area contributed by atoms with Gasteiger partial charge in [-0.2, -0.15) is 0 Å². The second-order valence-electron chi connectivity index (χ2n) is 1.72. The van der Waals surface area contributed by atoms with Gasteiger partial charge in [0.25, 0.3) is 0 Å². The summed E-state index contributed by atoms with van der Waals surface area (Å²) in [6.07, 6.45) is 4.87. The molecular formula is C6H9NY-2. The fourth-order valence-corrected chi connectivity index (χ4v) is 0.611. The van der Waals surface area contributed by atoms with Crippen molar-refractivity contribution in [1.82, 2.24) is 5.32 Å². The Bertz CT molecular complexity index is 68.9. The monoisotopic (exact) mass is 184 g/mol. The van der Waals surface area contributed by atoms with E-state index in [9.17, 15) is 0 Å². The van der Waals surface area contributed by atoms with Gasteiger partial charge in [-0.1, -0.05) is 6.42 Å². The second kappa shape index (κ2) is 4.66.